The van der Waals surface area contributed by atoms with Crippen LogP contribution < -0.4 is 0 Å². The summed E-state index contributed by atoms with van der Waals surface area (Å²) in [6.07, 6.45) is 6.18. The summed E-state index contributed by atoms with van der Waals surface area (Å²) in [5.41, 5.74) is 1.23. The standard InChI is InChI=1S/C19H25N3O2/c1-2-5-16(6-3-1)14-23-17-7-4-10-22(12-17)13-19-20-18(21-24-19)11-15-8-9-15/h1-3,5-6,15,17H,4,7-14H2. The number of benzene rings is 1. The molecule has 5 nitrogen and oxygen atoms in total. The lowest BCUT2D eigenvalue weighted by molar-refractivity contribution is -0.0141. The number of hydrogen-bond acceptors (Lipinski definition) is 5. The summed E-state index contributed by atoms with van der Waals surface area (Å²) in [4.78, 5) is 6.91. The molecule has 5 heteroatoms. The van der Waals surface area contributed by atoms with Crippen LogP contribution in [0, 0.1) is 5.92 Å². The van der Waals surface area contributed by atoms with Crippen molar-refractivity contribution in [2.75, 3.05) is 13.1 Å². The summed E-state index contributed by atoms with van der Waals surface area (Å²) < 4.78 is 11.5. The van der Waals surface area contributed by atoms with Crippen LogP contribution in [0.3, 0.4) is 0 Å². The lowest BCUT2D eigenvalue weighted by Crippen LogP contribution is -2.39. The molecule has 1 aliphatic heterocycles. The van der Waals surface area contributed by atoms with Crippen LogP contribution in [0.5, 0.6) is 0 Å². The van der Waals surface area contributed by atoms with E-state index in [9.17, 15) is 0 Å². The Bertz CT molecular complexity index is 639. The SMILES string of the molecule is c1ccc(COC2CCCN(Cc3nc(CC4CC4)no3)C2)cc1. The third kappa shape index (κ3) is 4.42. The molecule has 0 amide bonds. The van der Waals surface area contributed by atoms with E-state index in [4.69, 9.17) is 9.26 Å². The Balaban J connectivity index is 1.25. The van der Waals surface area contributed by atoms with E-state index < -0.39 is 0 Å². The van der Waals surface area contributed by atoms with Gasteiger partial charge in [-0.05, 0) is 43.7 Å². The van der Waals surface area contributed by atoms with Crippen LogP contribution in [0.15, 0.2) is 34.9 Å². The second kappa shape index (κ2) is 7.45. The number of piperidine rings is 1. The fraction of sp³-hybridized carbons (Fsp3) is 0.579. The summed E-state index contributed by atoms with van der Waals surface area (Å²) in [6, 6.07) is 10.4. The van der Waals surface area contributed by atoms with Crippen LogP contribution in [0.25, 0.3) is 0 Å². The first-order chi connectivity index (χ1) is 11.8. The molecular weight excluding hydrogens is 302 g/mol. The Morgan fingerprint density at radius 1 is 1.17 bits per heavy atom. The average Bonchev–Trinajstić information content (AvgIpc) is 3.32. The predicted molar refractivity (Wildman–Crippen MR) is 90.3 cm³/mol. The molecule has 2 fully saturated rings. The van der Waals surface area contributed by atoms with Gasteiger partial charge in [-0.25, -0.2) is 0 Å². The zero-order valence-electron chi connectivity index (χ0n) is 14.1. The van der Waals surface area contributed by atoms with E-state index in [1.807, 2.05) is 6.07 Å². The van der Waals surface area contributed by atoms with Crippen molar-refractivity contribution < 1.29 is 9.26 Å². The summed E-state index contributed by atoms with van der Waals surface area (Å²) in [5, 5.41) is 4.11. The molecule has 2 heterocycles. The van der Waals surface area contributed by atoms with Crippen molar-refractivity contribution in [3.63, 3.8) is 0 Å². The molecule has 1 aromatic heterocycles. The van der Waals surface area contributed by atoms with Gasteiger partial charge >= 0.3 is 0 Å². The van der Waals surface area contributed by atoms with Crippen molar-refractivity contribution in [2.45, 2.75) is 51.4 Å². The first-order valence-electron chi connectivity index (χ1n) is 9.04. The molecular formula is C19H25N3O2. The van der Waals surface area contributed by atoms with Gasteiger partial charge in [-0.1, -0.05) is 35.5 Å². The van der Waals surface area contributed by atoms with E-state index >= 15 is 0 Å². The Kier molecular flexibility index (Phi) is 4.90. The van der Waals surface area contributed by atoms with Gasteiger partial charge in [0.2, 0.25) is 5.89 Å². The van der Waals surface area contributed by atoms with Gasteiger partial charge in [0, 0.05) is 13.0 Å². The largest absolute Gasteiger partial charge is 0.372 e. The molecule has 24 heavy (non-hydrogen) atoms. The van der Waals surface area contributed by atoms with Crippen molar-refractivity contribution in [3.05, 3.63) is 47.6 Å². The first kappa shape index (κ1) is 15.8. The van der Waals surface area contributed by atoms with Gasteiger partial charge < -0.3 is 9.26 Å². The van der Waals surface area contributed by atoms with Crippen molar-refractivity contribution in [2.24, 2.45) is 5.92 Å². The Morgan fingerprint density at radius 3 is 2.88 bits per heavy atom. The van der Waals surface area contributed by atoms with E-state index in [1.165, 1.54) is 18.4 Å². The minimum Gasteiger partial charge on any atom is -0.372 e. The molecule has 2 aromatic rings. The summed E-state index contributed by atoms with van der Waals surface area (Å²) in [6.45, 7) is 3.44. The monoisotopic (exact) mass is 327 g/mol. The molecule has 128 valence electrons. The molecule has 0 spiro atoms. The second-order valence-electron chi connectivity index (χ2n) is 7.05. The number of hydrogen-bond donors (Lipinski definition) is 0. The summed E-state index contributed by atoms with van der Waals surface area (Å²) in [5.74, 6) is 2.41. The van der Waals surface area contributed by atoms with Crippen LogP contribution in [0.1, 0.15) is 43.0 Å². The minimum absolute atomic E-state index is 0.285. The molecule has 1 unspecified atom stereocenters. The number of likely N-dealkylation sites (tertiary alicyclic amines) is 1. The minimum atomic E-state index is 0.285. The Morgan fingerprint density at radius 2 is 2.04 bits per heavy atom. The van der Waals surface area contributed by atoms with Gasteiger partial charge in [0.05, 0.1) is 19.3 Å². The first-order valence-corrected chi connectivity index (χ1v) is 9.04. The maximum absolute atomic E-state index is 6.09. The van der Waals surface area contributed by atoms with Gasteiger partial charge in [0.15, 0.2) is 5.82 Å². The average molecular weight is 327 g/mol. The molecule has 0 N–H and O–H groups in total. The van der Waals surface area contributed by atoms with Crippen LogP contribution >= 0.6 is 0 Å². The van der Waals surface area contributed by atoms with Crippen LogP contribution in [-0.2, 0) is 24.3 Å². The summed E-state index contributed by atoms with van der Waals surface area (Å²) in [7, 11) is 0. The zero-order chi connectivity index (χ0) is 16.2. The third-order valence-corrected chi connectivity index (χ3v) is 4.83. The molecule has 1 aromatic carbocycles. The Labute approximate surface area is 143 Å². The highest BCUT2D eigenvalue weighted by Gasteiger charge is 2.25. The van der Waals surface area contributed by atoms with Gasteiger partial charge in [-0.2, -0.15) is 4.98 Å². The number of rotatable bonds is 7. The van der Waals surface area contributed by atoms with Crippen molar-refractivity contribution in [3.8, 4) is 0 Å². The van der Waals surface area contributed by atoms with Crippen molar-refractivity contribution in [1.29, 1.82) is 0 Å². The van der Waals surface area contributed by atoms with E-state index in [1.54, 1.807) is 0 Å². The highest BCUT2D eigenvalue weighted by molar-refractivity contribution is 5.13. The van der Waals surface area contributed by atoms with Gasteiger partial charge in [-0.3, -0.25) is 4.90 Å². The lowest BCUT2D eigenvalue weighted by atomic mass is 10.1. The predicted octanol–water partition coefficient (Wildman–Crippen LogP) is 3.20. The summed E-state index contributed by atoms with van der Waals surface area (Å²) >= 11 is 0. The van der Waals surface area contributed by atoms with Gasteiger partial charge in [-0.15, -0.1) is 0 Å². The second-order valence-corrected chi connectivity index (χ2v) is 7.05. The molecule has 0 radical (unpaired) electrons. The third-order valence-electron chi connectivity index (χ3n) is 4.83. The lowest BCUT2D eigenvalue weighted by Gasteiger charge is -2.31. The zero-order valence-corrected chi connectivity index (χ0v) is 14.1. The number of aromatic nitrogens is 2. The van der Waals surface area contributed by atoms with Crippen LogP contribution in [0.4, 0.5) is 0 Å². The maximum Gasteiger partial charge on any atom is 0.240 e. The van der Waals surface area contributed by atoms with Crippen molar-refractivity contribution in [1.82, 2.24) is 15.0 Å². The van der Waals surface area contributed by atoms with E-state index in [-0.39, 0.29) is 6.10 Å². The van der Waals surface area contributed by atoms with E-state index in [0.29, 0.717) is 6.61 Å². The Hall–Kier alpha value is -1.72. The smallest absolute Gasteiger partial charge is 0.240 e. The highest BCUT2D eigenvalue weighted by Crippen LogP contribution is 2.31. The van der Waals surface area contributed by atoms with Crippen molar-refractivity contribution >= 4 is 0 Å². The molecule has 0 bridgehead atoms. The molecule has 1 saturated heterocycles. The topological polar surface area (TPSA) is 51.4 Å². The molecule has 1 atom stereocenters. The quantitative estimate of drug-likeness (QED) is 0.781. The van der Waals surface area contributed by atoms with Crippen LogP contribution in [-0.4, -0.2) is 34.2 Å². The fourth-order valence-electron chi connectivity index (χ4n) is 3.29. The number of ether oxygens (including phenoxy) is 1. The maximum atomic E-state index is 6.09. The molecule has 1 saturated carbocycles. The number of nitrogens with zero attached hydrogens (tertiary/aromatic N) is 3. The van der Waals surface area contributed by atoms with E-state index in [0.717, 1.165) is 56.5 Å². The normalized spacial score (nSPS) is 21.9. The highest BCUT2D eigenvalue weighted by atomic mass is 16.5. The van der Waals surface area contributed by atoms with Gasteiger partial charge in [0.25, 0.3) is 0 Å². The molecule has 4 rings (SSSR count). The molecule has 2 aliphatic rings. The van der Waals surface area contributed by atoms with Crippen LogP contribution in [0.2, 0.25) is 0 Å². The fourth-order valence-corrected chi connectivity index (χ4v) is 3.29. The van der Waals surface area contributed by atoms with E-state index in [2.05, 4.69) is 39.3 Å². The van der Waals surface area contributed by atoms with Gasteiger partial charge in [0.1, 0.15) is 0 Å². The molecule has 1 aliphatic carbocycles.